The fourth-order valence-corrected chi connectivity index (χ4v) is 0.808. The Balaban J connectivity index is 2.65. The molecule has 0 fully saturated rings. The molecule has 3 N–H and O–H groups in total. The average molecular weight is 182 g/mol. The topological polar surface area (TPSA) is 55.1 Å². The van der Waals surface area contributed by atoms with Crippen LogP contribution in [0.25, 0.3) is 0 Å². The first-order valence-electron chi connectivity index (χ1n) is 3.90. The number of hydrogen-bond acceptors (Lipinski definition) is 2. The lowest BCUT2D eigenvalue weighted by molar-refractivity contribution is -0.120. The van der Waals surface area contributed by atoms with E-state index in [0.717, 1.165) is 0 Å². The third-order valence-corrected chi connectivity index (χ3v) is 1.54. The summed E-state index contributed by atoms with van der Waals surface area (Å²) in [5.74, 6) is -0.648. The second-order valence-corrected chi connectivity index (χ2v) is 2.73. The summed E-state index contributed by atoms with van der Waals surface area (Å²) in [4.78, 5) is 10.9. The van der Waals surface area contributed by atoms with Crippen LogP contribution in [0.4, 0.5) is 15.8 Å². The molecule has 0 heterocycles. The normalized spacial score (nSPS) is 12.2. The molecular formula is C9H11FN2O. The molecule has 1 atom stereocenters. The minimum Gasteiger partial charge on any atom is -0.399 e. The van der Waals surface area contributed by atoms with Gasteiger partial charge in [-0.25, -0.2) is 4.39 Å². The molecule has 4 heteroatoms. The van der Waals surface area contributed by atoms with E-state index < -0.39 is 12.1 Å². The molecule has 0 aliphatic heterocycles. The van der Waals surface area contributed by atoms with E-state index in [-0.39, 0.29) is 0 Å². The van der Waals surface area contributed by atoms with Crippen molar-refractivity contribution in [3.63, 3.8) is 0 Å². The summed E-state index contributed by atoms with van der Waals surface area (Å²) in [6.07, 6.45) is -1.50. The SMILES string of the molecule is C[C@@H](F)C(=O)Nc1ccc(N)cc1. The maximum atomic E-state index is 12.4. The van der Waals surface area contributed by atoms with E-state index in [4.69, 9.17) is 5.73 Å². The second kappa shape index (κ2) is 3.89. The lowest BCUT2D eigenvalue weighted by Crippen LogP contribution is -2.20. The number of hydrogen-bond donors (Lipinski definition) is 2. The van der Waals surface area contributed by atoms with E-state index in [1.807, 2.05) is 0 Å². The van der Waals surface area contributed by atoms with Gasteiger partial charge in [0.15, 0.2) is 6.17 Å². The van der Waals surface area contributed by atoms with Gasteiger partial charge in [0.1, 0.15) is 0 Å². The number of carbonyl (C=O) groups is 1. The van der Waals surface area contributed by atoms with Crippen LogP contribution in [-0.4, -0.2) is 12.1 Å². The van der Waals surface area contributed by atoms with E-state index in [1.54, 1.807) is 24.3 Å². The smallest absolute Gasteiger partial charge is 0.258 e. The number of alkyl halides is 1. The summed E-state index contributed by atoms with van der Waals surface area (Å²) in [6, 6.07) is 6.52. The van der Waals surface area contributed by atoms with Gasteiger partial charge in [-0.05, 0) is 31.2 Å². The fraction of sp³-hybridized carbons (Fsp3) is 0.222. The molecule has 1 amide bonds. The van der Waals surface area contributed by atoms with Gasteiger partial charge in [-0.15, -0.1) is 0 Å². The summed E-state index contributed by atoms with van der Waals surface area (Å²) in [5.41, 5.74) is 6.58. The highest BCUT2D eigenvalue weighted by Gasteiger charge is 2.09. The van der Waals surface area contributed by atoms with Gasteiger partial charge in [0.25, 0.3) is 5.91 Å². The second-order valence-electron chi connectivity index (χ2n) is 2.73. The molecule has 0 radical (unpaired) electrons. The van der Waals surface area contributed by atoms with Gasteiger partial charge in [-0.1, -0.05) is 0 Å². The first-order chi connectivity index (χ1) is 6.09. The molecule has 0 saturated carbocycles. The van der Waals surface area contributed by atoms with Crippen LogP contribution in [0, 0.1) is 0 Å². The Labute approximate surface area is 75.7 Å². The fourth-order valence-electron chi connectivity index (χ4n) is 0.808. The van der Waals surface area contributed by atoms with Crippen LogP contribution in [0.1, 0.15) is 6.92 Å². The number of amides is 1. The van der Waals surface area contributed by atoms with E-state index in [9.17, 15) is 9.18 Å². The monoisotopic (exact) mass is 182 g/mol. The quantitative estimate of drug-likeness (QED) is 0.682. The van der Waals surface area contributed by atoms with Crippen molar-refractivity contribution in [2.24, 2.45) is 0 Å². The Hall–Kier alpha value is -1.58. The molecule has 1 aromatic carbocycles. The number of rotatable bonds is 2. The van der Waals surface area contributed by atoms with E-state index in [2.05, 4.69) is 5.32 Å². The Bertz CT molecular complexity index is 295. The molecular weight excluding hydrogens is 171 g/mol. The van der Waals surface area contributed by atoms with Crippen LogP contribution in [0.15, 0.2) is 24.3 Å². The van der Waals surface area contributed by atoms with Crippen molar-refractivity contribution < 1.29 is 9.18 Å². The van der Waals surface area contributed by atoms with Gasteiger partial charge in [-0.3, -0.25) is 4.79 Å². The standard InChI is InChI=1S/C9H11FN2O/c1-6(10)9(13)12-8-4-2-7(11)3-5-8/h2-6H,11H2,1H3,(H,12,13)/t6-/m1/s1. The van der Waals surface area contributed by atoms with Crippen molar-refractivity contribution in [1.29, 1.82) is 0 Å². The Kier molecular flexibility index (Phi) is 2.84. The molecule has 0 unspecified atom stereocenters. The minimum absolute atomic E-state index is 0.545. The zero-order valence-corrected chi connectivity index (χ0v) is 7.25. The van der Waals surface area contributed by atoms with Gasteiger partial charge < -0.3 is 11.1 Å². The number of carbonyl (C=O) groups excluding carboxylic acids is 1. The van der Waals surface area contributed by atoms with Crippen LogP contribution in [0.2, 0.25) is 0 Å². The van der Waals surface area contributed by atoms with Gasteiger partial charge >= 0.3 is 0 Å². The number of anilines is 2. The number of nitrogen functional groups attached to an aromatic ring is 1. The highest BCUT2D eigenvalue weighted by atomic mass is 19.1. The molecule has 1 aromatic rings. The lowest BCUT2D eigenvalue weighted by Gasteiger charge is -2.05. The zero-order valence-electron chi connectivity index (χ0n) is 7.25. The average Bonchev–Trinajstić information content (AvgIpc) is 2.08. The third kappa shape index (κ3) is 2.74. The predicted molar refractivity (Wildman–Crippen MR) is 50.1 cm³/mol. The Morgan fingerprint density at radius 2 is 2.00 bits per heavy atom. The zero-order chi connectivity index (χ0) is 9.84. The van der Waals surface area contributed by atoms with Crippen LogP contribution in [0.3, 0.4) is 0 Å². The molecule has 0 saturated heterocycles. The van der Waals surface area contributed by atoms with Crippen molar-refractivity contribution in [3.8, 4) is 0 Å². The first kappa shape index (κ1) is 9.51. The highest BCUT2D eigenvalue weighted by molar-refractivity contribution is 5.93. The number of benzene rings is 1. The molecule has 0 spiro atoms. The van der Waals surface area contributed by atoms with Gasteiger partial charge in [0.2, 0.25) is 0 Å². The summed E-state index contributed by atoms with van der Waals surface area (Å²) in [6.45, 7) is 1.19. The number of nitrogens with two attached hydrogens (primary N) is 1. The molecule has 3 nitrogen and oxygen atoms in total. The van der Waals surface area contributed by atoms with E-state index in [0.29, 0.717) is 11.4 Å². The van der Waals surface area contributed by atoms with Gasteiger partial charge in [0, 0.05) is 11.4 Å². The maximum absolute atomic E-state index is 12.4. The number of halogens is 1. The van der Waals surface area contributed by atoms with Crippen LogP contribution in [-0.2, 0) is 4.79 Å². The summed E-state index contributed by atoms with van der Waals surface area (Å²) >= 11 is 0. The Morgan fingerprint density at radius 1 is 1.46 bits per heavy atom. The van der Waals surface area contributed by atoms with Crippen molar-refractivity contribution in [2.45, 2.75) is 13.1 Å². The molecule has 1 rings (SSSR count). The highest BCUT2D eigenvalue weighted by Crippen LogP contribution is 2.10. The maximum Gasteiger partial charge on any atom is 0.258 e. The van der Waals surface area contributed by atoms with E-state index in [1.165, 1.54) is 6.92 Å². The molecule has 0 aromatic heterocycles. The lowest BCUT2D eigenvalue weighted by atomic mass is 10.3. The summed E-state index contributed by atoms with van der Waals surface area (Å²) in [5, 5.41) is 2.40. The summed E-state index contributed by atoms with van der Waals surface area (Å²) in [7, 11) is 0. The van der Waals surface area contributed by atoms with E-state index >= 15 is 0 Å². The van der Waals surface area contributed by atoms with Crippen molar-refractivity contribution in [2.75, 3.05) is 11.1 Å². The molecule has 0 aliphatic carbocycles. The minimum atomic E-state index is -1.50. The number of nitrogens with one attached hydrogen (secondary N) is 1. The molecule has 0 aliphatic rings. The van der Waals surface area contributed by atoms with Crippen LogP contribution >= 0.6 is 0 Å². The molecule has 13 heavy (non-hydrogen) atoms. The predicted octanol–water partition coefficient (Wildman–Crippen LogP) is 1.57. The van der Waals surface area contributed by atoms with Crippen molar-refractivity contribution >= 4 is 17.3 Å². The van der Waals surface area contributed by atoms with Gasteiger partial charge in [0.05, 0.1) is 0 Å². The van der Waals surface area contributed by atoms with Crippen molar-refractivity contribution in [3.05, 3.63) is 24.3 Å². The first-order valence-corrected chi connectivity index (χ1v) is 3.90. The van der Waals surface area contributed by atoms with Gasteiger partial charge in [-0.2, -0.15) is 0 Å². The van der Waals surface area contributed by atoms with Crippen LogP contribution < -0.4 is 11.1 Å². The van der Waals surface area contributed by atoms with Crippen LogP contribution in [0.5, 0.6) is 0 Å². The third-order valence-electron chi connectivity index (χ3n) is 1.54. The molecule has 70 valence electrons. The Morgan fingerprint density at radius 3 is 2.46 bits per heavy atom. The largest absolute Gasteiger partial charge is 0.399 e. The molecule has 0 bridgehead atoms. The summed E-state index contributed by atoms with van der Waals surface area (Å²) < 4.78 is 12.4. The van der Waals surface area contributed by atoms with Crippen molar-refractivity contribution in [1.82, 2.24) is 0 Å².